The number of phenols is 1. The van der Waals surface area contributed by atoms with Crippen molar-refractivity contribution in [2.24, 2.45) is 7.05 Å². The zero-order valence-corrected chi connectivity index (χ0v) is 13.4. The number of nitrogens with one attached hydrogen (secondary N) is 2. The summed E-state index contributed by atoms with van der Waals surface area (Å²) in [6.45, 7) is 3.92. The zero-order chi connectivity index (χ0) is 17.0. The highest BCUT2D eigenvalue weighted by Gasteiger charge is 2.17. The van der Waals surface area contributed by atoms with E-state index in [1.807, 2.05) is 6.92 Å². The van der Waals surface area contributed by atoms with E-state index in [4.69, 9.17) is 0 Å². The van der Waals surface area contributed by atoms with E-state index in [-0.39, 0.29) is 5.75 Å². The van der Waals surface area contributed by atoms with Gasteiger partial charge in [-0.25, -0.2) is 0 Å². The van der Waals surface area contributed by atoms with Gasteiger partial charge >= 0.3 is 11.8 Å². The third-order valence-corrected chi connectivity index (χ3v) is 3.59. The summed E-state index contributed by atoms with van der Waals surface area (Å²) >= 11 is 0. The first kappa shape index (κ1) is 16.5. The molecule has 0 fully saturated rings. The second kappa shape index (κ2) is 6.95. The Labute approximate surface area is 134 Å². The fourth-order valence-corrected chi connectivity index (χ4v) is 2.19. The van der Waals surface area contributed by atoms with Crippen molar-refractivity contribution in [1.82, 2.24) is 15.1 Å². The predicted molar refractivity (Wildman–Crippen MR) is 86.1 cm³/mol. The number of aromatic hydroxyl groups is 1. The molecular formula is C16H20N4O3. The molecule has 0 spiro atoms. The van der Waals surface area contributed by atoms with Crippen LogP contribution in [-0.2, 0) is 23.1 Å². The highest BCUT2D eigenvalue weighted by molar-refractivity contribution is 6.39. The summed E-state index contributed by atoms with van der Waals surface area (Å²) in [6.07, 6.45) is 0.574. The van der Waals surface area contributed by atoms with Crippen LogP contribution in [0.2, 0.25) is 0 Å². The Hall–Kier alpha value is -2.83. The van der Waals surface area contributed by atoms with Crippen molar-refractivity contribution in [3.63, 3.8) is 0 Å². The van der Waals surface area contributed by atoms with Crippen molar-refractivity contribution < 1.29 is 14.7 Å². The minimum absolute atomic E-state index is 0.194. The van der Waals surface area contributed by atoms with Gasteiger partial charge in [0.15, 0.2) is 0 Å². The summed E-state index contributed by atoms with van der Waals surface area (Å²) < 4.78 is 1.65. The zero-order valence-electron chi connectivity index (χ0n) is 13.4. The second-order valence-corrected chi connectivity index (χ2v) is 5.30. The Morgan fingerprint density at radius 2 is 1.83 bits per heavy atom. The Bertz CT molecular complexity index is 720. The van der Waals surface area contributed by atoms with Crippen LogP contribution < -0.4 is 10.6 Å². The molecule has 0 atom stereocenters. The topological polar surface area (TPSA) is 96.2 Å². The molecule has 1 heterocycles. The number of carbonyl (C=O) groups is 2. The van der Waals surface area contributed by atoms with E-state index in [0.29, 0.717) is 24.3 Å². The molecule has 0 radical (unpaired) electrons. The Balaban J connectivity index is 1.85. The van der Waals surface area contributed by atoms with Crippen molar-refractivity contribution in [2.75, 3.05) is 11.9 Å². The third kappa shape index (κ3) is 4.09. The number of aryl methyl sites for hydroxylation is 2. The van der Waals surface area contributed by atoms with Gasteiger partial charge in [-0.15, -0.1) is 0 Å². The number of carbonyl (C=O) groups excluding carboxylic acids is 2. The molecule has 7 heteroatoms. The average molecular weight is 316 g/mol. The normalized spacial score (nSPS) is 10.4. The molecule has 0 aliphatic carbocycles. The maximum absolute atomic E-state index is 11.9. The summed E-state index contributed by atoms with van der Waals surface area (Å²) in [6, 6.07) is 6.70. The Morgan fingerprint density at radius 3 is 2.39 bits per heavy atom. The highest BCUT2D eigenvalue weighted by Crippen LogP contribution is 2.17. The van der Waals surface area contributed by atoms with Crippen LogP contribution in [0.1, 0.15) is 17.0 Å². The largest absolute Gasteiger partial charge is 0.508 e. The quantitative estimate of drug-likeness (QED) is 0.734. The number of hydrogen-bond acceptors (Lipinski definition) is 4. The molecule has 0 bridgehead atoms. The van der Waals surface area contributed by atoms with Crippen molar-refractivity contribution in [3.05, 3.63) is 41.2 Å². The van der Waals surface area contributed by atoms with Crippen molar-refractivity contribution >= 4 is 17.5 Å². The number of benzene rings is 1. The first-order valence-corrected chi connectivity index (χ1v) is 7.25. The van der Waals surface area contributed by atoms with Gasteiger partial charge in [0.05, 0.1) is 17.1 Å². The number of rotatable bonds is 4. The minimum atomic E-state index is -0.713. The number of amides is 2. The molecule has 0 unspecified atom stereocenters. The standard InChI is InChI=1S/C16H20N4O3/c1-10-14(11(2)20(3)19-10)18-16(23)15(22)17-9-8-12-4-6-13(21)7-5-12/h4-7,21H,8-9H2,1-3H3,(H,17,22)(H,18,23). The monoisotopic (exact) mass is 316 g/mol. The summed E-state index contributed by atoms with van der Waals surface area (Å²) in [4.78, 5) is 23.8. The van der Waals surface area contributed by atoms with Gasteiger partial charge in [0, 0.05) is 13.6 Å². The number of phenolic OH excluding ortho intramolecular Hbond substituents is 1. The number of aromatic nitrogens is 2. The van der Waals surface area contributed by atoms with Crippen molar-refractivity contribution in [1.29, 1.82) is 0 Å². The smallest absolute Gasteiger partial charge is 0.313 e. The van der Waals surface area contributed by atoms with E-state index in [1.54, 1.807) is 42.9 Å². The summed E-state index contributed by atoms with van der Waals surface area (Å²) in [5.74, 6) is -1.21. The average Bonchev–Trinajstić information content (AvgIpc) is 2.75. The summed E-state index contributed by atoms with van der Waals surface area (Å²) in [5, 5.41) is 18.5. The molecule has 23 heavy (non-hydrogen) atoms. The molecule has 1 aromatic heterocycles. The molecule has 2 rings (SSSR count). The lowest BCUT2D eigenvalue weighted by atomic mass is 10.1. The van der Waals surface area contributed by atoms with Crippen molar-refractivity contribution in [2.45, 2.75) is 20.3 Å². The van der Waals surface area contributed by atoms with E-state index < -0.39 is 11.8 Å². The molecular weight excluding hydrogens is 296 g/mol. The molecule has 7 nitrogen and oxygen atoms in total. The molecule has 0 aliphatic heterocycles. The SMILES string of the molecule is Cc1nn(C)c(C)c1NC(=O)C(=O)NCCc1ccc(O)cc1. The van der Waals surface area contributed by atoms with Gasteiger partial charge in [-0.2, -0.15) is 5.10 Å². The van der Waals surface area contributed by atoms with Crippen LogP contribution in [0.3, 0.4) is 0 Å². The van der Waals surface area contributed by atoms with E-state index in [9.17, 15) is 14.7 Å². The molecule has 3 N–H and O–H groups in total. The molecule has 1 aromatic carbocycles. The molecule has 0 saturated carbocycles. The second-order valence-electron chi connectivity index (χ2n) is 5.30. The predicted octanol–water partition coefficient (Wildman–Crippen LogP) is 1.04. The van der Waals surface area contributed by atoms with E-state index in [2.05, 4.69) is 15.7 Å². The number of anilines is 1. The van der Waals surface area contributed by atoms with Crippen LogP contribution in [0, 0.1) is 13.8 Å². The van der Waals surface area contributed by atoms with E-state index in [0.717, 1.165) is 11.3 Å². The lowest BCUT2D eigenvalue weighted by Gasteiger charge is -2.07. The lowest BCUT2D eigenvalue weighted by Crippen LogP contribution is -2.36. The maximum Gasteiger partial charge on any atom is 0.313 e. The van der Waals surface area contributed by atoms with Crippen LogP contribution >= 0.6 is 0 Å². The van der Waals surface area contributed by atoms with Crippen LogP contribution in [-0.4, -0.2) is 33.2 Å². The maximum atomic E-state index is 11.9. The van der Waals surface area contributed by atoms with Crippen LogP contribution in [0.15, 0.2) is 24.3 Å². The molecule has 0 saturated heterocycles. The minimum Gasteiger partial charge on any atom is -0.508 e. The molecule has 0 aliphatic rings. The van der Waals surface area contributed by atoms with Gasteiger partial charge < -0.3 is 15.7 Å². The van der Waals surface area contributed by atoms with Crippen LogP contribution in [0.25, 0.3) is 0 Å². The molecule has 2 amide bonds. The fraction of sp³-hybridized carbons (Fsp3) is 0.312. The summed E-state index contributed by atoms with van der Waals surface area (Å²) in [5.41, 5.74) is 2.97. The molecule has 2 aromatic rings. The Morgan fingerprint density at radius 1 is 1.17 bits per heavy atom. The first-order chi connectivity index (χ1) is 10.9. The van der Waals surface area contributed by atoms with Gasteiger partial charge in [0.1, 0.15) is 5.75 Å². The van der Waals surface area contributed by atoms with Crippen LogP contribution in [0.4, 0.5) is 5.69 Å². The first-order valence-electron chi connectivity index (χ1n) is 7.25. The van der Waals surface area contributed by atoms with Gasteiger partial charge in [-0.1, -0.05) is 12.1 Å². The van der Waals surface area contributed by atoms with Gasteiger partial charge in [0.25, 0.3) is 0 Å². The van der Waals surface area contributed by atoms with E-state index in [1.165, 1.54) is 0 Å². The highest BCUT2D eigenvalue weighted by atomic mass is 16.3. The van der Waals surface area contributed by atoms with E-state index >= 15 is 0 Å². The number of hydrogen-bond donors (Lipinski definition) is 3. The Kier molecular flexibility index (Phi) is 5.00. The van der Waals surface area contributed by atoms with Gasteiger partial charge in [-0.05, 0) is 38.0 Å². The fourth-order valence-electron chi connectivity index (χ4n) is 2.19. The van der Waals surface area contributed by atoms with Crippen molar-refractivity contribution in [3.8, 4) is 5.75 Å². The molecule has 122 valence electrons. The third-order valence-electron chi connectivity index (χ3n) is 3.59. The summed E-state index contributed by atoms with van der Waals surface area (Å²) in [7, 11) is 1.77. The lowest BCUT2D eigenvalue weighted by molar-refractivity contribution is -0.136. The van der Waals surface area contributed by atoms with Gasteiger partial charge in [-0.3, -0.25) is 14.3 Å². The van der Waals surface area contributed by atoms with Gasteiger partial charge in [0.2, 0.25) is 0 Å². The van der Waals surface area contributed by atoms with Crippen LogP contribution in [0.5, 0.6) is 5.75 Å². The number of nitrogens with zero attached hydrogens (tertiary/aromatic N) is 2.